The number of carbonyl (C=O) groups excluding carboxylic acids is 2. The zero-order valence-corrected chi connectivity index (χ0v) is 16.5. The summed E-state index contributed by atoms with van der Waals surface area (Å²) in [7, 11) is 0. The lowest BCUT2D eigenvalue weighted by molar-refractivity contribution is -0.117. The molecule has 0 aromatic heterocycles. The molecule has 0 aliphatic carbocycles. The SMILES string of the molecule is C[C@@H](NCC(=O)Nc1ccc(N2CCCC2=O)cc1)c1ccc(Cl)cc1Cl. The van der Waals surface area contributed by atoms with Gasteiger partial charge >= 0.3 is 0 Å². The average molecular weight is 406 g/mol. The molecule has 5 nitrogen and oxygen atoms in total. The Morgan fingerprint density at radius 3 is 2.56 bits per heavy atom. The maximum absolute atomic E-state index is 12.2. The molecule has 27 heavy (non-hydrogen) atoms. The smallest absolute Gasteiger partial charge is 0.238 e. The zero-order valence-electron chi connectivity index (χ0n) is 15.0. The number of benzene rings is 2. The first kappa shape index (κ1) is 19.7. The van der Waals surface area contributed by atoms with E-state index in [0.29, 0.717) is 22.2 Å². The Morgan fingerprint density at radius 1 is 1.19 bits per heavy atom. The average Bonchev–Trinajstić information content (AvgIpc) is 3.06. The Kier molecular flexibility index (Phi) is 6.37. The minimum Gasteiger partial charge on any atom is -0.325 e. The van der Waals surface area contributed by atoms with Gasteiger partial charge in [0.2, 0.25) is 11.8 Å². The normalized spacial score (nSPS) is 15.1. The van der Waals surface area contributed by atoms with E-state index in [1.54, 1.807) is 29.2 Å². The Balaban J connectivity index is 1.52. The summed E-state index contributed by atoms with van der Waals surface area (Å²) in [5.41, 5.74) is 2.43. The highest BCUT2D eigenvalue weighted by molar-refractivity contribution is 6.35. The molecule has 0 saturated carbocycles. The fraction of sp³-hybridized carbons (Fsp3) is 0.300. The van der Waals surface area contributed by atoms with E-state index < -0.39 is 0 Å². The number of amides is 2. The summed E-state index contributed by atoms with van der Waals surface area (Å²) >= 11 is 12.1. The van der Waals surface area contributed by atoms with Crippen molar-refractivity contribution in [3.63, 3.8) is 0 Å². The second-order valence-electron chi connectivity index (χ2n) is 6.51. The second kappa shape index (κ2) is 8.74. The van der Waals surface area contributed by atoms with E-state index in [9.17, 15) is 9.59 Å². The highest BCUT2D eigenvalue weighted by Gasteiger charge is 2.21. The van der Waals surface area contributed by atoms with E-state index in [-0.39, 0.29) is 24.4 Å². The fourth-order valence-corrected chi connectivity index (χ4v) is 3.63. The van der Waals surface area contributed by atoms with Crippen molar-refractivity contribution in [3.8, 4) is 0 Å². The molecule has 1 aliphatic heterocycles. The van der Waals surface area contributed by atoms with Gasteiger partial charge in [-0.05, 0) is 55.3 Å². The number of hydrogen-bond donors (Lipinski definition) is 2. The third kappa shape index (κ3) is 5.01. The van der Waals surface area contributed by atoms with Crippen molar-refractivity contribution in [1.82, 2.24) is 5.32 Å². The topological polar surface area (TPSA) is 61.4 Å². The standard InChI is InChI=1S/C20H21Cl2N3O2/c1-13(17-9-4-14(21)11-18(17)22)23-12-19(26)24-15-5-7-16(8-6-15)25-10-2-3-20(25)27/h4-9,11,13,23H,2-3,10,12H2,1H3,(H,24,26)/t13-/m1/s1. The molecule has 0 radical (unpaired) electrons. The molecule has 2 amide bonds. The Labute approximate surface area is 168 Å². The number of hydrogen-bond acceptors (Lipinski definition) is 3. The lowest BCUT2D eigenvalue weighted by Crippen LogP contribution is -2.30. The van der Waals surface area contributed by atoms with Crippen molar-refractivity contribution < 1.29 is 9.59 Å². The van der Waals surface area contributed by atoms with Crippen molar-refractivity contribution >= 4 is 46.4 Å². The molecule has 0 bridgehead atoms. The summed E-state index contributed by atoms with van der Waals surface area (Å²) in [5, 5.41) is 7.13. The van der Waals surface area contributed by atoms with Gasteiger partial charge in [0, 0.05) is 40.4 Å². The molecule has 1 aliphatic rings. The number of anilines is 2. The van der Waals surface area contributed by atoms with Crippen molar-refractivity contribution in [2.24, 2.45) is 0 Å². The van der Waals surface area contributed by atoms with Crippen molar-refractivity contribution in [2.45, 2.75) is 25.8 Å². The first-order chi connectivity index (χ1) is 12.9. The molecule has 142 valence electrons. The van der Waals surface area contributed by atoms with Gasteiger partial charge in [-0.1, -0.05) is 29.3 Å². The largest absolute Gasteiger partial charge is 0.325 e. The molecule has 2 aromatic carbocycles. The lowest BCUT2D eigenvalue weighted by Gasteiger charge is -2.17. The molecule has 1 fully saturated rings. The predicted molar refractivity (Wildman–Crippen MR) is 110 cm³/mol. The van der Waals surface area contributed by atoms with Crippen LogP contribution >= 0.6 is 23.2 Å². The van der Waals surface area contributed by atoms with E-state index in [2.05, 4.69) is 10.6 Å². The summed E-state index contributed by atoms with van der Waals surface area (Å²) in [6, 6.07) is 12.5. The minimum absolute atomic E-state index is 0.0935. The van der Waals surface area contributed by atoms with Gasteiger partial charge in [-0.25, -0.2) is 0 Å². The quantitative estimate of drug-likeness (QED) is 0.747. The number of nitrogens with one attached hydrogen (secondary N) is 2. The van der Waals surface area contributed by atoms with Crippen LogP contribution in [-0.4, -0.2) is 24.9 Å². The Bertz CT molecular complexity index is 840. The molecule has 1 saturated heterocycles. The third-order valence-corrected chi connectivity index (χ3v) is 5.10. The van der Waals surface area contributed by atoms with Crippen LogP contribution in [0.2, 0.25) is 10.0 Å². The number of carbonyl (C=O) groups is 2. The minimum atomic E-state index is -0.156. The molecular weight excluding hydrogens is 385 g/mol. The van der Waals surface area contributed by atoms with Crippen molar-refractivity contribution in [3.05, 3.63) is 58.1 Å². The van der Waals surface area contributed by atoms with Crippen LogP contribution in [0, 0.1) is 0 Å². The van der Waals surface area contributed by atoms with Gasteiger partial charge in [0.25, 0.3) is 0 Å². The van der Waals surface area contributed by atoms with E-state index >= 15 is 0 Å². The molecule has 2 aromatic rings. The Hall–Kier alpha value is -2.08. The van der Waals surface area contributed by atoms with Gasteiger partial charge in [-0.15, -0.1) is 0 Å². The van der Waals surface area contributed by atoms with Gasteiger partial charge in [0.05, 0.1) is 6.54 Å². The number of rotatable bonds is 6. The van der Waals surface area contributed by atoms with E-state index in [0.717, 1.165) is 24.2 Å². The van der Waals surface area contributed by atoms with E-state index in [4.69, 9.17) is 23.2 Å². The monoisotopic (exact) mass is 405 g/mol. The van der Waals surface area contributed by atoms with Crippen LogP contribution in [0.3, 0.4) is 0 Å². The molecule has 3 rings (SSSR count). The first-order valence-corrected chi connectivity index (χ1v) is 9.58. The number of halogens is 2. The Morgan fingerprint density at radius 2 is 1.93 bits per heavy atom. The summed E-state index contributed by atoms with van der Waals surface area (Å²) in [6.07, 6.45) is 1.48. The molecular formula is C20H21Cl2N3O2. The van der Waals surface area contributed by atoms with E-state index in [1.165, 1.54) is 0 Å². The zero-order chi connectivity index (χ0) is 19.4. The molecule has 0 spiro atoms. The van der Waals surface area contributed by atoms with Gasteiger partial charge in [-0.3, -0.25) is 9.59 Å². The fourth-order valence-electron chi connectivity index (χ4n) is 3.06. The van der Waals surface area contributed by atoms with Crippen LogP contribution in [-0.2, 0) is 9.59 Å². The predicted octanol–water partition coefficient (Wildman–Crippen LogP) is 4.41. The first-order valence-electron chi connectivity index (χ1n) is 8.82. The maximum Gasteiger partial charge on any atom is 0.238 e. The van der Waals surface area contributed by atoms with Crippen LogP contribution in [0.1, 0.15) is 31.4 Å². The maximum atomic E-state index is 12.2. The summed E-state index contributed by atoms with van der Waals surface area (Å²) in [4.78, 5) is 25.7. The molecule has 0 unspecified atom stereocenters. The van der Waals surface area contributed by atoms with E-state index in [1.807, 2.05) is 25.1 Å². The highest BCUT2D eigenvalue weighted by atomic mass is 35.5. The highest BCUT2D eigenvalue weighted by Crippen LogP contribution is 2.26. The summed E-state index contributed by atoms with van der Waals surface area (Å²) in [6.45, 7) is 2.83. The van der Waals surface area contributed by atoms with Crippen LogP contribution < -0.4 is 15.5 Å². The van der Waals surface area contributed by atoms with Crippen LogP contribution in [0.5, 0.6) is 0 Å². The van der Waals surface area contributed by atoms with Crippen molar-refractivity contribution in [1.29, 1.82) is 0 Å². The van der Waals surface area contributed by atoms with Crippen LogP contribution in [0.25, 0.3) is 0 Å². The molecule has 2 N–H and O–H groups in total. The second-order valence-corrected chi connectivity index (χ2v) is 7.36. The van der Waals surface area contributed by atoms with Gasteiger partial charge < -0.3 is 15.5 Å². The summed E-state index contributed by atoms with van der Waals surface area (Å²) in [5.74, 6) is -0.0113. The number of nitrogens with zero attached hydrogens (tertiary/aromatic N) is 1. The molecule has 7 heteroatoms. The molecule has 1 atom stereocenters. The third-order valence-electron chi connectivity index (χ3n) is 4.53. The van der Waals surface area contributed by atoms with Gasteiger partial charge in [-0.2, -0.15) is 0 Å². The van der Waals surface area contributed by atoms with Gasteiger partial charge in [0.15, 0.2) is 0 Å². The molecule has 1 heterocycles. The van der Waals surface area contributed by atoms with Crippen LogP contribution in [0.15, 0.2) is 42.5 Å². The van der Waals surface area contributed by atoms with Crippen LogP contribution in [0.4, 0.5) is 11.4 Å². The van der Waals surface area contributed by atoms with Gasteiger partial charge in [0.1, 0.15) is 0 Å². The lowest BCUT2D eigenvalue weighted by atomic mass is 10.1. The van der Waals surface area contributed by atoms with Crippen molar-refractivity contribution in [2.75, 3.05) is 23.3 Å². The summed E-state index contributed by atoms with van der Waals surface area (Å²) < 4.78 is 0.